The van der Waals surface area contributed by atoms with Crippen LogP contribution in [0.2, 0.25) is 0 Å². The van der Waals surface area contributed by atoms with E-state index in [2.05, 4.69) is 22.4 Å². The molecule has 102 valence electrons. The van der Waals surface area contributed by atoms with Gasteiger partial charge < -0.3 is 5.32 Å². The van der Waals surface area contributed by atoms with E-state index in [9.17, 15) is 4.39 Å². The third-order valence-electron chi connectivity index (χ3n) is 3.49. The molecule has 4 heteroatoms. The number of nitrogens with one attached hydrogen (secondary N) is 2. The second kappa shape index (κ2) is 5.33. The lowest BCUT2D eigenvalue weighted by Gasteiger charge is -2.19. The number of nitrogens with zero attached hydrogens (tertiary/aromatic N) is 1. The van der Waals surface area contributed by atoms with E-state index in [0.717, 1.165) is 28.6 Å². The smallest absolute Gasteiger partial charge is 0.123 e. The van der Waals surface area contributed by atoms with E-state index in [1.54, 1.807) is 6.20 Å². The Morgan fingerprint density at radius 3 is 2.75 bits per heavy atom. The molecule has 0 radical (unpaired) electrons. The minimum atomic E-state index is -0.209. The molecular weight excluding hydrogens is 253 g/mol. The predicted molar refractivity (Wildman–Crippen MR) is 79.1 cm³/mol. The molecule has 0 spiro atoms. The molecule has 0 saturated carbocycles. The monoisotopic (exact) mass is 269 g/mol. The summed E-state index contributed by atoms with van der Waals surface area (Å²) in [5.74, 6) is -0.209. The summed E-state index contributed by atoms with van der Waals surface area (Å²) in [6.07, 6.45) is 2.72. The lowest BCUT2D eigenvalue weighted by molar-refractivity contribution is 0.625. The number of fused-ring (bicyclic) bond motifs is 1. The number of anilines is 1. The summed E-state index contributed by atoms with van der Waals surface area (Å²) in [5.41, 5.74) is 3.08. The lowest BCUT2D eigenvalue weighted by Crippen LogP contribution is -2.10. The van der Waals surface area contributed by atoms with Gasteiger partial charge in [0.05, 0.1) is 23.4 Å². The number of aromatic nitrogens is 2. The molecule has 20 heavy (non-hydrogen) atoms. The highest BCUT2D eigenvalue weighted by molar-refractivity contribution is 5.90. The second-order valence-corrected chi connectivity index (χ2v) is 4.80. The van der Waals surface area contributed by atoms with Crippen LogP contribution in [0.15, 0.2) is 48.7 Å². The molecule has 0 bridgehead atoms. The topological polar surface area (TPSA) is 40.7 Å². The van der Waals surface area contributed by atoms with Gasteiger partial charge in [0.2, 0.25) is 0 Å². The Labute approximate surface area is 116 Å². The summed E-state index contributed by atoms with van der Waals surface area (Å²) >= 11 is 0. The van der Waals surface area contributed by atoms with Crippen molar-refractivity contribution >= 4 is 16.6 Å². The summed E-state index contributed by atoms with van der Waals surface area (Å²) in [7, 11) is 0. The number of benzene rings is 2. The van der Waals surface area contributed by atoms with Gasteiger partial charge in [0.15, 0.2) is 0 Å². The molecule has 0 fully saturated rings. The third kappa shape index (κ3) is 2.37. The Hall–Kier alpha value is -2.36. The molecule has 1 heterocycles. The average Bonchev–Trinajstić information content (AvgIpc) is 2.95. The van der Waals surface area contributed by atoms with E-state index in [0.29, 0.717) is 0 Å². The molecule has 0 aliphatic heterocycles. The molecule has 3 aromatic rings. The molecule has 1 aromatic heterocycles. The minimum Gasteiger partial charge on any atom is -0.377 e. The fourth-order valence-corrected chi connectivity index (χ4v) is 2.39. The van der Waals surface area contributed by atoms with Gasteiger partial charge in [-0.25, -0.2) is 4.39 Å². The van der Waals surface area contributed by atoms with Crippen molar-refractivity contribution in [2.45, 2.75) is 19.4 Å². The van der Waals surface area contributed by atoms with Crippen molar-refractivity contribution in [2.24, 2.45) is 0 Å². The number of aromatic amines is 1. The van der Waals surface area contributed by atoms with Gasteiger partial charge in [-0.2, -0.15) is 5.10 Å². The molecule has 0 saturated heterocycles. The Morgan fingerprint density at radius 1 is 1.20 bits per heavy atom. The number of hydrogen-bond acceptors (Lipinski definition) is 2. The van der Waals surface area contributed by atoms with Crippen molar-refractivity contribution in [3.63, 3.8) is 0 Å². The highest BCUT2D eigenvalue weighted by Crippen LogP contribution is 2.27. The normalized spacial score (nSPS) is 12.5. The number of H-pyrrole nitrogens is 1. The Kier molecular flexibility index (Phi) is 3.37. The Bertz CT molecular complexity index is 703. The summed E-state index contributed by atoms with van der Waals surface area (Å²) in [5, 5.41) is 11.6. The van der Waals surface area contributed by atoms with Crippen molar-refractivity contribution in [1.82, 2.24) is 10.2 Å². The minimum absolute atomic E-state index is 0.143. The van der Waals surface area contributed by atoms with E-state index in [1.807, 2.05) is 30.3 Å². The first-order valence-corrected chi connectivity index (χ1v) is 6.72. The molecule has 2 aromatic carbocycles. The van der Waals surface area contributed by atoms with Crippen molar-refractivity contribution in [1.29, 1.82) is 0 Å². The maximum Gasteiger partial charge on any atom is 0.123 e. The molecule has 0 aliphatic rings. The van der Waals surface area contributed by atoms with Crippen LogP contribution in [-0.2, 0) is 0 Å². The van der Waals surface area contributed by atoms with Gasteiger partial charge in [0, 0.05) is 5.39 Å². The summed E-state index contributed by atoms with van der Waals surface area (Å²) in [6.45, 7) is 2.11. The standard InChI is InChI=1S/C16H16FN3/c1-2-14(11-6-8-13(17)9-7-11)19-15-5-3-4-12-10-18-20-16(12)15/h3-10,14,19H,2H2,1H3,(H,18,20). The van der Waals surface area contributed by atoms with E-state index in [1.165, 1.54) is 12.1 Å². The molecule has 0 aliphatic carbocycles. The van der Waals surface area contributed by atoms with E-state index >= 15 is 0 Å². The van der Waals surface area contributed by atoms with Crippen molar-refractivity contribution in [2.75, 3.05) is 5.32 Å². The Balaban J connectivity index is 1.91. The largest absolute Gasteiger partial charge is 0.377 e. The first-order valence-electron chi connectivity index (χ1n) is 6.72. The third-order valence-corrected chi connectivity index (χ3v) is 3.49. The van der Waals surface area contributed by atoms with E-state index < -0.39 is 0 Å². The number of rotatable bonds is 4. The first kappa shape index (κ1) is 12.7. The first-order chi connectivity index (χ1) is 9.78. The Morgan fingerprint density at radius 2 is 2.00 bits per heavy atom. The van der Waals surface area contributed by atoms with Crippen LogP contribution >= 0.6 is 0 Å². The molecule has 3 nitrogen and oxygen atoms in total. The molecule has 1 unspecified atom stereocenters. The van der Waals surface area contributed by atoms with Gasteiger partial charge in [-0.05, 0) is 30.2 Å². The van der Waals surface area contributed by atoms with Gasteiger partial charge in [0.1, 0.15) is 5.82 Å². The van der Waals surface area contributed by atoms with Crippen molar-refractivity contribution < 1.29 is 4.39 Å². The van der Waals surface area contributed by atoms with Gasteiger partial charge in [-0.15, -0.1) is 0 Å². The number of para-hydroxylation sites is 1. The molecular formula is C16H16FN3. The second-order valence-electron chi connectivity index (χ2n) is 4.80. The highest BCUT2D eigenvalue weighted by Gasteiger charge is 2.11. The van der Waals surface area contributed by atoms with Gasteiger partial charge in [-0.3, -0.25) is 5.10 Å². The van der Waals surface area contributed by atoms with Crippen LogP contribution in [0.25, 0.3) is 10.9 Å². The van der Waals surface area contributed by atoms with Gasteiger partial charge >= 0.3 is 0 Å². The fourth-order valence-electron chi connectivity index (χ4n) is 2.39. The molecule has 1 atom stereocenters. The highest BCUT2D eigenvalue weighted by atomic mass is 19.1. The maximum absolute atomic E-state index is 13.0. The average molecular weight is 269 g/mol. The zero-order valence-corrected chi connectivity index (χ0v) is 11.2. The number of hydrogen-bond donors (Lipinski definition) is 2. The lowest BCUT2D eigenvalue weighted by atomic mass is 10.0. The van der Waals surface area contributed by atoms with E-state index in [-0.39, 0.29) is 11.9 Å². The maximum atomic E-state index is 13.0. The van der Waals surface area contributed by atoms with Crippen LogP contribution < -0.4 is 5.32 Å². The van der Waals surface area contributed by atoms with Gasteiger partial charge in [0.25, 0.3) is 0 Å². The van der Waals surface area contributed by atoms with Crippen LogP contribution in [0, 0.1) is 5.82 Å². The zero-order chi connectivity index (χ0) is 13.9. The van der Waals surface area contributed by atoms with Crippen LogP contribution in [0.3, 0.4) is 0 Å². The van der Waals surface area contributed by atoms with Crippen LogP contribution in [-0.4, -0.2) is 10.2 Å². The fraction of sp³-hybridized carbons (Fsp3) is 0.188. The van der Waals surface area contributed by atoms with Crippen molar-refractivity contribution in [3.05, 3.63) is 60.0 Å². The van der Waals surface area contributed by atoms with E-state index in [4.69, 9.17) is 0 Å². The molecule has 2 N–H and O–H groups in total. The predicted octanol–water partition coefficient (Wildman–Crippen LogP) is 4.27. The molecule has 0 amide bonds. The summed E-state index contributed by atoms with van der Waals surface area (Å²) in [4.78, 5) is 0. The molecule has 3 rings (SSSR count). The quantitative estimate of drug-likeness (QED) is 0.742. The zero-order valence-electron chi connectivity index (χ0n) is 11.2. The van der Waals surface area contributed by atoms with Crippen LogP contribution in [0.1, 0.15) is 24.9 Å². The van der Waals surface area contributed by atoms with Crippen LogP contribution in [0.4, 0.5) is 10.1 Å². The van der Waals surface area contributed by atoms with Crippen LogP contribution in [0.5, 0.6) is 0 Å². The van der Waals surface area contributed by atoms with Gasteiger partial charge in [-0.1, -0.05) is 31.2 Å². The SMILES string of the molecule is CCC(Nc1cccc2cn[nH]c12)c1ccc(F)cc1. The van der Waals surface area contributed by atoms with Crippen molar-refractivity contribution in [3.8, 4) is 0 Å². The summed E-state index contributed by atoms with van der Waals surface area (Å²) in [6, 6.07) is 12.8. The summed E-state index contributed by atoms with van der Waals surface area (Å²) < 4.78 is 13.0. The number of halogens is 1.